The highest BCUT2D eigenvalue weighted by atomic mass is 16.5. The molecule has 0 radical (unpaired) electrons. The summed E-state index contributed by atoms with van der Waals surface area (Å²) in [5, 5.41) is 37.2. The molecule has 0 aromatic heterocycles. The minimum Gasteiger partial charge on any atom is -0.550 e. The van der Waals surface area contributed by atoms with Crippen LogP contribution in [-0.4, -0.2) is 65.3 Å². The van der Waals surface area contributed by atoms with Gasteiger partial charge in [-0.2, -0.15) is 0 Å². The van der Waals surface area contributed by atoms with Gasteiger partial charge in [-0.05, 0) is 42.4 Å². The lowest BCUT2D eigenvalue weighted by Gasteiger charge is -2.33. The van der Waals surface area contributed by atoms with E-state index < -0.39 is 53.4 Å². The SMILES string of the molecule is COc1ccc(C[C@H](NC(=O)C2=C[C@@H](NC(=O)CC3(CC(=O)[O-])CCCC3)[C@@H](O)[C@H](O)C2)C(N)=O)cc1. The predicted molar refractivity (Wildman–Crippen MR) is 130 cm³/mol. The average molecular weight is 517 g/mol. The number of ether oxygens (including phenoxy) is 1. The van der Waals surface area contributed by atoms with Gasteiger partial charge in [0.15, 0.2) is 0 Å². The first-order chi connectivity index (χ1) is 17.5. The summed E-state index contributed by atoms with van der Waals surface area (Å²) < 4.78 is 5.11. The summed E-state index contributed by atoms with van der Waals surface area (Å²) in [6, 6.07) is 4.80. The van der Waals surface area contributed by atoms with Crippen LogP contribution in [0.15, 0.2) is 35.9 Å². The van der Waals surface area contributed by atoms with E-state index in [1.54, 1.807) is 24.3 Å². The lowest BCUT2D eigenvalue weighted by molar-refractivity contribution is -0.308. The van der Waals surface area contributed by atoms with Crippen LogP contribution in [0.1, 0.15) is 50.5 Å². The number of nitrogens with one attached hydrogen (secondary N) is 2. The summed E-state index contributed by atoms with van der Waals surface area (Å²) in [6.45, 7) is 0. The van der Waals surface area contributed by atoms with Crippen molar-refractivity contribution in [2.45, 2.75) is 75.7 Å². The van der Waals surface area contributed by atoms with Gasteiger partial charge in [0.05, 0.1) is 19.3 Å². The number of carbonyl (C=O) groups is 4. The number of methoxy groups -OCH3 is 1. The third-order valence-corrected chi connectivity index (χ3v) is 7.16. The highest BCUT2D eigenvalue weighted by molar-refractivity contribution is 5.97. The second kappa shape index (κ2) is 12.2. The standard InChI is InChI=1S/C26H35N3O8/c1-37-17-6-4-15(5-7-17)10-19(24(27)35)29-25(36)16-11-18(23(34)20(30)12-16)28-21(31)13-26(14-22(32)33)8-2-3-9-26/h4-7,11,18-20,23,30,34H,2-3,8-10,12-14H2,1H3,(H2,27,35)(H,28,31)(H,29,36)(H,32,33)/p-1/t18-,19+,20-,23-/m1/s1. The Kier molecular flexibility index (Phi) is 9.28. The molecule has 0 heterocycles. The molecule has 0 spiro atoms. The van der Waals surface area contributed by atoms with Crippen LogP contribution < -0.4 is 26.2 Å². The van der Waals surface area contributed by atoms with Gasteiger partial charge >= 0.3 is 0 Å². The summed E-state index contributed by atoms with van der Waals surface area (Å²) in [5.41, 5.74) is 5.60. The van der Waals surface area contributed by atoms with Gasteiger partial charge in [0, 0.05) is 30.8 Å². The Balaban J connectivity index is 1.68. The average Bonchev–Trinajstić information content (AvgIpc) is 3.28. The number of rotatable bonds is 11. The minimum atomic E-state index is -1.37. The number of hydrogen-bond donors (Lipinski definition) is 5. The summed E-state index contributed by atoms with van der Waals surface area (Å²) >= 11 is 0. The van der Waals surface area contributed by atoms with Crippen LogP contribution in [-0.2, 0) is 25.6 Å². The number of nitrogens with two attached hydrogens (primary N) is 1. The first kappa shape index (κ1) is 28.1. The Morgan fingerprint density at radius 1 is 1.14 bits per heavy atom. The third kappa shape index (κ3) is 7.53. The molecule has 1 fully saturated rings. The molecule has 1 aromatic rings. The van der Waals surface area contributed by atoms with E-state index >= 15 is 0 Å². The molecule has 37 heavy (non-hydrogen) atoms. The number of aliphatic carboxylic acids is 1. The van der Waals surface area contributed by atoms with E-state index in [2.05, 4.69) is 10.6 Å². The fourth-order valence-electron chi connectivity index (χ4n) is 5.16. The zero-order valence-corrected chi connectivity index (χ0v) is 20.8. The Hall–Kier alpha value is -3.44. The molecule has 0 unspecified atom stereocenters. The van der Waals surface area contributed by atoms with Crippen LogP contribution in [0.5, 0.6) is 5.75 Å². The quantitative estimate of drug-likeness (QED) is 0.243. The summed E-state index contributed by atoms with van der Waals surface area (Å²) in [6.07, 6.45) is 1.06. The van der Waals surface area contributed by atoms with Crippen molar-refractivity contribution in [1.82, 2.24) is 10.6 Å². The van der Waals surface area contributed by atoms with Crippen LogP contribution in [0.25, 0.3) is 0 Å². The topological polar surface area (TPSA) is 191 Å². The molecular weight excluding hydrogens is 482 g/mol. The monoisotopic (exact) mass is 516 g/mol. The molecule has 1 aromatic carbocycles. The van der Waals surface area contributed by atoms with Crippen molar-refractivity contribution < 1.29 is 39.2 Å². The molecule has 202 valence electrons. The third-order valence-electron chi connectivity index (χ3n) is 7.16. The first-order valence-electron chi connectivity index (χ1n) is 12.3. The predicted octanol–water partition coefficient (Wildman–Crippen LogP) is -1.16. The second-order valence-electron chi connectivity index (χ2n) is 9.96. The minimum absolute atomic E-state index is 0.0682. The lowest BCUT2D eigenvalue weighted by Crippen LogP contribution is -2.53. The number of carbonyl (C=O) groups excluding carboxylic acids is 4. The van der Waals surface area contributed by atoms with Crippen molar-refractivity contribution in [1.29, 1.82) is 0 Å². The van der Waals surface area contributed by atoms with E-state index in [0.29, 0.717) is 18.6 Å². The molecule has 0 aliphatic heterocycles. The van der Waals surface area contributed by atoms with Crippen molar-refractivity contribution >= 4 is 23.7 Å². The maximum Gasteiger partial charge on any atom is 0.247 e. The lowest BCUT2D eigenvalue weighted by atomic mass is 9.79. The fraction of sp³-hybridized carbons (Fsp3) is 0.538. The van der Waals surface area contributed by atoms with E-state index in [0.717, 1.165) is 18.4 Å². The number of aliphatic hydroxyl groups is 2. The van der Waals surface area contributed by atoms with Gasteiger partial charge in [-0.25, -0.2) is 0 Å². The Morgan fingerprint density at radius 3 is 2.35 bits per heavy atom. The summed E-state index contributed by atoms with van der Waals surface area (Å²) in [5.74, 6) is -2.49. The van der Waals surface area contributed by atoms with Gasteiger partial charge in [-0.15, -0.1) is 0 Å². The number of amides is 3. The number of carboxylic acids is 1. The van der Waals surface area contributed by atoms with Crippen LogP contribution in [0.3, 0.4) is 0 Å². The van der Waals surface area contributed by atoms with Gasteiger partial charge in [0.2, 0.25) is 17.7 Å². The van der Waals surface area contributed by atoms with Gasteiger partial charge < -0.3 is 41.2 Å². The van der Waals surface area contributed by atoms with E-state index in [9.17, 15) is 34.5 Å². The highest BCUT2D eigenvalue weighted by Crippen LogP contribution is 2.43. The molecular formula is C26H34N3O8-. The fourth-order valence-corrected chi connectivity index (χ4v) is 5.16. The summed E-state index contributed by atoms with van der Waals surface area (Å²) in [4.78, 5) is 49.0. The molecule has 2 aliphatic rings. The molecule has 0 saturated heterocycles. The zero-order valence-electron chi connectivity index (χ0n) is 20.8. The van der Waals surface area contributed by atoms with E-state index in [4.69, 9.17) is 10.5 Å². The Labute approximate surface area is 215 Å². The molecule has 1 saturated carbocycles. The highest BCUT2D eigenvalue weighted by Gasteiger charge is 2.38. The molecule has 6 N–H and O–H groups in total. The van der Waals surface area contributed by atoms with Crippen molar-refractivity contribution in [3.8, 4) is 5.75 Å². The van der Waals surface area contributed by atoms with Crippen molar-refractivity contribution in [2.75, 3.05) is 7.11 Å². The van der Waals surface area contributed by atoms with Crippen LogP contribution in [0, 0.1) is 5.41 Å². The Bertz CT molecular complexity index is 1030. The van der Waals surface area contributed by atoms with Crippen molar-refractivity contribution in [3.63, 3.8) is 0 Å². The number of carboxylic acid groups (broad SMARTS) is 1. The molecule has 3 amide bonds. The van der Waals surface area contributed by atoms with Crippen LogP contribution >= 0.6 is 0 Å². The maximum absolute atomic E-state index is 13.0. The van der Waals surface area contributed by atoms with Gasteiger partial charge in [-0.3, -0.25) is 14.4 Å². The van der Waals surface area contributed by atoms with E-state index in [1.165, 1.54) is 13.2 Å². The summed E-state index contributed by atoms with van der Waals surface area (Å²) in [7, 11) is 1.53. The molecule has 2 aliphatic carbocycles. The van der Waals surface area contributed by atoms with Gasteiger partial charge in [-0.1, -0.05) is 31.1 Å². The first-order valence-corrected chi connectivity index (χ1v) is 12.3. The smallest absolute Gasteiger partial charge is 0.247 e. The van der Waals surface area contributed by atoms with Crippen molar-refractivity contribution in [3.05, 3.63) is 41.5 Å². The van der Waals surface area contributed by atoms with Crippen LogP contribution in [0.4, 0.5) is 0 Å². The second-order valence-corrected chi connectivity index (χ2v) is 9.96. The number of benzene rings is 1. The number of primary amides is 1. The van der Waals surface area contributed by atoms with Gasteiger partial charge in [0.25, 0.3) is 0 Å². The van der Waals surface area contributed by atoms with Crippen molar-refractivity contribution in [2.24, 2.45) is 11.1 Å². The normalized spacial score (nSPS) is 23.4. The Morgan fingerprint density at radius 2 is 1.78 bits per heavy atom. The largest absolute Gasteiger partial charge is 0.550 e. The maximum atomic E-state index is 13.0. The molecule has 0 bridgehead atoms. The van der Waals surface area contributed by atoms with E-state index in [-0.39, 0.29) is 31.3 Å². The number of aliphatic hydroxyl groups excluding tert-OH is 2. The molecule has 11 heteroatoms. The molecule has 3 rings (SSSR count). The zero-order chi connectivity index (χ0) is 27.2. The molecule has 4 atom stereocenters. The molecule has 11 nitrogen and oxygen atoms in total. The van der Waals surface area contributed by atoms with Crippen LogP contribution in [0.2, 0.25) is 0 Å². The van der Waals surface area contributed by atoms with E-state index in [1.807, 2.05) is 0 Å². The van der Waals surface area contributed by atoms with Gasteiger partial charge in [0.1, 0.15) is 17.9 Å². The number of hydrogen-bond acceptors (Lipinski definition) is 8.